The highest BCUT2D eigenvalue weighted by Crippen LogP contribution is 2.42. The number of aliphatic hydroxyl groups excluding tert-OH is 2. The Bertz CT molecular complexity index is 938. The number of ketones is 1. The Kier molecular flexibility index (Phi) is 5.00. The largest absolute Gasteiger partial charge is 0.507 e. The van der Waals surface area contributed by atoms with Crippen molar-refractivity contribution in [3.8, 4) is 0 Å². The van der Waals surface area contributed by atoms with Crippen LogP contribution in [-0.2, 0) is 9.59 Å². The second-order valence-corrected chi connectivity index (χ2v) is 5.90. The van der Waals surface area contributed by atoms with Crippen molar-refractivity contribution in [1.82, 2.24) is 4.90 Å². The summed E-state index contributed by atoms with van der Waals surface area (Å²) in [6.07, 6.45) is 0. The van der Waals surface area contributed by atoms with Crippen molar-refractivity contribution in [2.75, 3.05) is 13.2 Å². The van der Waals surface area contributed by atoms with Crippen molar-refractivity contribution in [3.63, 3.8) is 0 Å². The molecule has 2 N–H and O–H groups in total. The van der Waals surface area contributed by atoms with Gasteiger partial charge in [-0.2, -0.15) is 0 Å². The number of nitro benzene ring substituents is 1. The van der Waals surface area contributed by atoms with Crippen LogP contribution in [0.4, 0.5) is 5.69 Å². The minimum atomic E-state index is -1.17. The highest BCUT2D eigenvalue weighted by molar-refractivity contribution is 6.46. The predicted molar refractivity (Wildman–Crippen MR) is 95.6 cm³/mol. The van der Waals surface area contributed by atoms with Gasteiger partial charge in [0, 0.05) is 18.2 Å². The van der Waals surface area contributed by atoms with Crippen molar-refractivity contribution in [2.24, 2.45) is 0 Å². The van der Waals surface area contributed by atoms with Gasteiger partial charge in [-0.25, -0.2) is 0 Å². The van der Waals surface area contributed by atoms with Gasteiger partial charge in [0.2, 0.25) is 0 Å². The van der Waals surface area contributed by atoms with E-state index in [1.807, 2.05) is 0 Å². The third-order valence-electron chi connectivity index (χ3n) is 4.36. The average molecular weight is 368 g/mol. The summed E-state index contributed by atoms with van der Waals surface area (Å²) in [4.78, 5) is 36.9. The summed E-state index contributed by atoms with van der Waals surface area (Å²) in [5.74, 6) is -2.30. The lowest BCUT2D eigenvalue weighted by atomic mass is 9.94. The van der Waals surface area contributed by atoms with Crippen LogP contribution in [0.3, 0.4) is 0 Å². The van der Waals surface area contributed by atoms with Gasteiger partial charge in [-0.1, -0.05) is 42.5 Å². The zero-order chi connectivity index (χ0) is 19.6. The summed E-state index contributed by atoms with van der Waals surface area (Å²) >= 11 is 0. The van der Waals surface area contributed by atoms with Crippen LogP contribution in [0.2, 0.25) is 0 Å². The molecule has 0 aliphatic carbocycles. The van der Waals surface area contributed by atoms with Crippen LogP contribution in [0.1, 0.15) is 17.2 Å². The number of benzene rings is 2. The van der Waals surface area contributed by atoms with E-state index in [4.69, 9.17) is 0 Å². The summed E-state index contributed by atoms with van der Waals surface area (Å²) in [5, 5.41) is 31.4. The van der Waals surface area contributed by atoms with Crippen LogP contribution in [0, 0.1) is 10.1 Å². The minimum absolute atomic E-state index is 0.0904. The highest BCUT2D eigenvalue weighted by Gasteiger charge is 2.47. The molecule has 1 saturated heterocycles. The second-order valence-electron chi connectivity index (χ2n) is 5.90. The molecule has 0 bridgehead atoms. The quantitative estimate of drug-likeness (QED) is 0.274. The molecule has 3 rings (SSSR count). The molecule has 1 atom stereocenters. The van der Waals surface area contributed by atoms with Crippen molar-refractivity contribution in [3.05, 3.63) is 81.4 Å². The number of β-amino-alcohol motifs (C(OH)–C–C–N with tert-alkyl or cyclic N) is 1. The Balaban J connectivity index is 2.27. The average Bonchev–Trinajstić information content (AvgIpc) is 2.93. The number of rotatable bonds is 5. The van der Waals surface area contributed by atoms with E-state index in [0.717, 1.165) is 4.90 Å². The van der Waals surface area contributed by atoms with E-state index in [-0.39, 0.29) is 23.4 Å². The third kappa shape index (κ3) is 3.18. The molecule has 0 saturated carbocycles. The molecule has 1 aliphatic heterocycles. The van der Waals surface area contributed by atoms with Gasteiger partial charge in [-0.05, 0) is 6.07 Å². The van der Waals surface area contributed by atoms with Gasteiger partial charge in [0.25, 0.3) is 17.4 Å². The van der Waals surface area contributed by atoms with E-state index in [1.54, 1.807) is 36.4 Å². The van der Waals surface area contributed by atoms with Crippen LogP contribution in [0.5, 0.6) is 0 Å². The highest BCUT2D eigenvalue weighted by atomic mass is 16.6. The molecule has 138 valence electrons. The smallest absolute Gasteiger partial charge is 0.295 e. The summed E-state index contributed by atoms with van der Waals surface area (Å²) < 4.78 is 0. The number of nitro groups is 1. The number of nitrogens with zero attached hydrogens (tertiary/aromatic N) is 2. The topological polar surface area (TPSA) is 121 Å². The van der Waals surface area contributed by atoms with Crippen molar-refractivity contribution >= 4 is 23.1 Å². The molecule has 1 heterocycles. The Morgan fingerprint density at radius 2 is 1.70 bits per heavy atom. The molecular formula is C19H16N2O6. The molecule has 1 aliphatic rings. The van der Waals surface area contributed by atoms with E-state index in [0.29, 0.717) is 5.56 Å². The van der Waals surface area contributed by atoms with Gasteiger partial charge in [0.15, 0.2) is 0 Å². The van der Waals surface area contributed by atoms with Gasteiger partial charge < -0.3 is 15.1 Å². The van der Waals surface area contributed by atoms with E-state index in [9.17, 15) is 29.9 Å². The summed E-state index contributed by atoms with van der Waals surface area (Å²) in [5.41, 5.74) is -0.129. The number of aliphatic hydroxyl groups is 2. The van der Waals surface area contributed by atoms with Crippen molar-refractivity contribution in [1.29, 1.82) is 0 Å². The molecule has 0 spiro atoms. The number of para-hydroxylation sites is 1. The minimum Gasteiger partial charge on any atom is -0.507 e. The first-order chi connectivity index (χ1) is 13.0. The maximum atomic E-state index is 12.6. The Labute approximate surface area is 154 Å². The number of Topliss-reactive ketones (excluding diaryl/α,β-unsaturated/α-hetero) is 1. The lowest BCUT2D eigenvalue weighted by Crippen LogP contribution is -2.32. The Morgan fingerprint density at radius 3 is 2.33 bits per heavy atom. The van der Waals surface area contributed by atoms with Crippen LogP contribution >= 0.6 is 0 Å². The normalized spacial score (nSPS) is 18.7. The molecule has 1 amide bonds. The van der Waals surface area contributed by atoms with Gasteiger partial charge in [-0.3, -0.25) is 19.7 Å². The Morgan fingerprint density at radius 1 is 1.07 bits per heavy atom. The van der Waals surface area contributed by atoms with Gasteiger partial charge in [-0.15, -0.1) is 0 Å². The first-order valence-corrected chi connectivity index (χ1v) is 8.15. The molecular weight excluding hydrogens is 352 g/mol. The first kappa shape index (κ1) is 18.3. The van der Waals surface area contributed by atoms with Crippen molar-refractivity contribution in [2.45, 2.75) is 6.04 Å². The molecule has 0 unspecified atom stereocenters. The number of likely N-dealkylation sites (tertiary alicyclic amines) is 1. The first-order valence-electron chi connectivity index (χ1n) is 8.15. The summed E-state index contributed by atoms with van der Waals surface area (Å²) in [6, 6.07) is 12.7. The summed E-state index contributed by atoms with van der Waals surface area (Å²) in [7, 11) is 0. The fourth-order valence-corrected chi connectivity index (χ4v) is 3.18. The third-order valence-corrected chi connectivity index (χ3v) is 4.36. The standard InChI is InChI=1S/C19H16N2O6/c22-11-10-20-16(13-8-4-5-9-14(13)21(26)27)15(18(24)19(20)25)17(23)12-6-2-1-3-7-12/h1-9,16,22-23H,10-11H2/b17-15+/t16-/m1/s1. The number of amides is 1. The van der Waals surface area contributed by atoms with E-state index in [2.05, 4.69) is 0 Å². The van der Waals surface area contributed by atoms with E-state index < -0.39 is 35.0 Å². The fraction of sp³-hybridized carbons (Fsp3) is 0.158. The lowest BCUT2D eigenvalue weighted by Gasteiger charge is -2.24. The molecule has 2 aromatic rings. The molecule has 1 fully saturated rings. The van der Waals surface area contributed by atoms with Crippen molar-refractivity contribution < 1.29 is 24.7 Å². The van der Waals surface area contributed by atoms with Gasteiger partial charge >= 0.3 is 0 Å². The second kappa shape index (κ2) is 7.38. The lowest BCUT2D eigenvalue weighted by molar-refractivity contribution is -0.385. The SMILES string of the molecule is O=C1C(=O)N(CCO)[C@H](c2ccccc2[N+](=O)[O-])/C1=C(\O)c1ccccc1. The molecule has 0 aromatic heterocycles. The molecule has 8 nitrogen and oxygen atoms in total. The Hall–Kier alpha value is -3.52. The van der Waals surface area contributed by atoms with E-state index in [1.165, 1.54) is 18.2 Å². The zero-order valence-electron chi connectivity index (χ0n) is 14.1. The number of hydrogen-bond acceptors (Lipinski definition) is 6. The number of carbonyl (C=O) groups excluding carboxylic acids is 2. The number of hydrogen-bond donors (Lipinski definition) is 2. The molecule has 27 heavy (non-hydrogen) atoms. The maximum Gasteiger partial charge on any atom is 0.295 e. The zero-order valence-corrected chi connectivity index (χ0v) is 14.1. The predicted octanol–water partition coefficient (Wildman–Crippen LogP) is 2.01. The van der Waals surface area contributed by atoms with Crippen LogP contribution in [0.25, 0.3) is 5.76 Å². The van der Waals surface area contributed by atoms with Crippen LogP contribution < -0.4 is 0 Å². The fourth-order valence-electron chi connectivity index (χ4n) is 3.18. The molecule has 0 radical (unpaired) electrons. The van der Waals surface area contributed by atoms with Gasteiger partial charge in [0.05, 0.1) is 28.7 Å². The monoisotopic (exact) mass is 368 g/mol. The van der Waals surface area contributed by atoms with Crippen LogP contribution in [-0.4, -0.2) is 44.9 Å². The molecule has 2 aromatic carbocycles. The van der Waals surface area contributed by atoms with Crippen LogP contribution in [0.15, 0.2) is 60.2 Å². The number of carbonyl (C=O) groups is 2. The van der Waals surface area contributed by atoms with Gasteiger partial charge in [0.1, 0.15) is 5.76 Å². The maximum absolute atomic E-state index is 12.6. The summed E-state index contributed by atoms with van der Waals surface area (Å²) in [6.45, 7) is -0.637. The molecule has 8 heteroatoms. The van der Waals surface area contributed by atoms with E-state index >= 15 is 0 Å².